The zero-order chi connectivity index (χ0) is 25.5. The molecule has 3 aromatic heterocycles. The fourth-order valence-corrected chi connectivity index (χ4v) is 4.78. The highest BCUT2D eigenvalue weighted by Crippen LogP contribution is 2.41. The van der Waals surface area contributed by atoms with E-state index >= 15 is 0 Å². The van der Waals surface area contributed by atoms with E-state index in [4.69, 9.17) is 8.84 Å². The van der Waals surface area contributed by atoms with Crippen molar-refractivity contribution in [2.75, 3.05) is 5.32 Å². The Balaban J connectivity index is 1.54. The molecule has 7 nitrogen and oxygen atoms in total. The highest BCUT2D eigenvalue weighted by molar-refractivity contribution is 6.74. The van der Waals surface area contributed by atoms with Crippen molar-refractivity contribution in [1.29, 1.82) is 0 Å². The van der Waals surface area contributed by atoms with Crippen molar-refractivity contribution in [3.63, 3.8) is 0 Å². The quantitative estimate of drug-likeness (QED) is 0.194. The van der Waals surface area contributed by atoms with E-state index < -0.39 is 8.32 Å². The number of carbonyl (C=O) groups is 1. The summed E-state index contributed by atoms with van der Waals surface area (Å²) >= 11 is 0. The minimum Gasteiger partial charge on any atom is -0.543 e. The van der Waals surface area contributed by atoms with E-state index in [0.29, 0.717) is 29.0 Å². The molecule has 0 saturated carbocycles. The first-order valence-electron chi connectivity index (χ1n) is 11.8. The van der Waals surface area contributed by atoms with Crippen molar-refractivity contribution in [3.05, 3.63) is 72.8 Å². The molecule has 0 bridgehead atoms. The number of nitrogens with one attached hydrogen (secondary N) is 1. The molecule has 3 heterocycles. The van der Waals surface area contributed by atoms with Crippen molar-refractivity contribution < 1.29 is 13.6 Å². The van der Waals surface area contributed by atoms with Crippen LogP contribution in [0, 0.1) is 0 Å². The van der Waals surface area contributed by atoms with Crippen LogP contribution in [0.4, 0.5) is 11.4 Å². The Hall–Kier alpha value is -4.04. The largest absolute Gasteiger partial charge is 0.543 e. The molecule has 8 heteroatoms. The van der Waals surface area contributed by atoms with Crippen LogP contribution in [0.15, 0.2) is 71.7 Å². The molecule has 0 saturated heterocycles. The number of aldehydes is 1. The molecule has 0 aliphatic heterocycles. The lowest BCUT2D eigenvalue weighted by molar-refractivity contribution is 0.112. The Morgan fingerprint density at radius 3 is 2.50 bits per heavy atom. The topological polar surface area (TPSA) is 90.1 Å². The third-order valence-corrected chi connectivity index (χ3v) is 11.1. The van der Waals surface area contributed by atoms with Crippen LogP contribution in [0.3, 0.4) is 0 Å². The third kappa shape index (κ3) is 4.35. The van der Waals surface area contributed by atoms with Gasteiger partial charge >= 0.3 is 0 Å². The second-order valence-electron chi connectivity index (χ2n) is 10.3. The van der Waals surface area contributed by atoms with E-state index in [1.54, 1.807) is 12.4 Å². The summed E-state index contributed by atoms with van der Waals surface area (Å²) in [5.41, 5.74) is 2.64. The predicted molar refractivity (Wildman–Crippen MR) is 145 cm³/mol. The first-order chi connectivity index (χ1) is 17.2. The lowest BCUT2D eigenvalue weighted by atomic mass is 10.1. The summed E-state index contributed by atoms with van der Waals surface area (Å²) in [5, 5.41) is 6.61. The number of furan rings is 1. The molecule has 0 spiro atoms. The van der Waals surface area contributed by atoms with Gasteiger partial charge in [-0.05, 0) is 53.9 Å². The van der Waals surface area contributed by atoms with E-state index in [-0.39, 0.29) is 5.04 Å². The van der Waals surface area contributed by atoms with Crippen molar-refractivity contribution in [3.8, 4) is 17.3 Å². The molecule has 2 aromatic carbocycles. The lowest BCUT2D eigenvalue weighted by Gasteiger charge is -2.36. The number of aromatic nitrogens is 3. The highest BCUT2D eigenvalue weighted by atomic mass is 28.4. The van der Waals surface area contributed by atoms with E-state index in [9.17, 15) is 4.79 Å². The molecule has 0 unspecified atom stereocenters. The number of benzene rings is 2. The minimum absolute atomic E-state index is 0.107. The second-order valence-corrected chi connectivity index (χ2v) is 15.0. The molecular weight excluding hydrogens is 468 g/mol. The van der Waals surface area contributed by atoms with Crippen LogP contribution in [0.1, 0.15) is 31.1 Å². The standard InChI is InChI=1S/C28H28N4O3Si/c1-28(2,3)36(4,5)35-23-8-6-7-19-13-20(9-10-21(19)23)32-25-22-11-12-29-16-24(22)34-26(25)27-30-14-18(17-33)15-31-27/h6-17,32H,1-5H3. The first kappa shape index (κ1) is 23.7. The van der Waals surface area contributed by atoms with Crippen LogP contribution in [-0.4, -0.2) is 29.6 Å². The molecule has 5 rings (SSSR count). The molecule has 0 atom stereocenters. The molecular formula is C28H28N4O3Si. The summed E-state index contributed by atoms with van der Waals surface area (Å²) in [5.74, 6) is 1.77. The van der Waals surface area contributed by atoms with Crippen molar-refractivity contribution in [1.82, 2.24) is 15.0 Å². The van der Waals surface area contributed by atoms with Crippen LogP contribution in [0.25, 0.3) is 33.3 Å². The van der Waals surface area contributed by atoms with E-state index in [2.05, 4.69) is 72.3 Å². The Kier molecular flexibility index (Phi) is 5.84. The normalized spacial score (nSPS) is 12.1. The summed E-state index contributed by atoms with van der Waals surface area (Å²) in [6.45, 7) is 11.2. The molecule has 0 aliphatic carbocycles. The highest BCUT2D eigenvalue weighted by Gasteiger charge is 2.39. The van der Waals surface area contributed by atoms with Gasteiger partial charge in [-0.25, -0.2) is 9.97 Å². The van der Waals surface area contributed by atoms with Crippen LogP contribution >= 0.6 is 0 Å². The molecule has 182 valence electrons. The Labute approximate surface area is 210 Å². The van der Waals surface area contributed by atoms with Gasteiger partial charge in [0.15, 0.2) is 23.5 Å². The Bertz CT molecular complexity index is 1570. The van der Waals surface area contributed by atoms with Gasteiger partial charge in [-0.3, -0.25) is 9.78 Å². The fraction of sp³-hybridized carbons (Fsp3) is 0.214. The number of nitrogens with zero attached hydrogens (tertiary/aromatic N) is 3. The summed E-state index contributed by atoms with van der Waals surface area (Å²) in [7, 11) is -1.98. The minimum atomic E-state index is -1.98. The van der Waals surface area contributed by atoms with Gasteiger partial charge in [-0.15, -0.1) is 0 Å². The predicted octanol–water partition coefficient (Wildman–Crippen LogP) is 7.38. The number of pyridine rings is 1. The summed E-state index contributed by atoms with van der Waals surface area (Å²) < 4.78 is 12.7. The van der Waals surface area contributed by atoms with Crippen LogP contribution in [0.2, 0.25) is 18.1 Å². The molecule has 1 N–H and O–H groups in total. The van der Waals surface area contributed by atoms with Crippen molar-refractivity contribution in [2.24, 2.45) is 0 Å². The van der Waals surface area contributed by atoms with Crippen molar-refractivity contribution >= 4 is 47.7 Å². The molecule has 36 heavy (non-hydrogen) atoms. The molecule has 0 fully saturated rings. The van der Waals surface area contributed by atoms with Gasteiger partial charge in [0.2, 0.25) is 0 Å². The summed E-state index contributed by atoms with van der Waals surface area (Å²) in [6.07, 6.45) is 7.04. The van der Waals surface area contributed by atoms with Gasteiger partial charge in [-0.2, -0.15) is 0 Å². The Morgan fingerprint density at radius 1 is 1.00 bits per heavy atom. The van der Waals surface area contributed by atoms with E-state index in [1.807, 2.05) is 24.3 Å². The molecule has 0 aliphatic rings. The maximum absolute atomic E-state index is 11.0. The Morgan fingerprint density at radius 2 is 1.78 bits per heavy atom. The SMILES string of the molecule is CC(C)(C)[Si](C)(C)Oc1cccc2cc(Nc3c(-c4ncc(C=O)cn4)oc4cnccc34)ccc12. The van der Waals surface area contributed by atoms with Gasteiger partial charge in [0.25, 0.3) is 8.32 Å². The van der Waals surface area contributed by atoms with Crippen LogP contribution < -0.4 is 9.74 Å². The van der Waals surface area contributed by atoms with Gasteiger partial charge in [0, 0.05) is 35.1 Å². The van der Waals surface area contributed by atoms with Crippen LogP contribution in [0.5, 0.6) is 5.75 Å². The zero-order valence-electron chi connectivity index (χ0n) is 21.0. The summed E-state index contributed by atoms with van der Waals surface area (Å²) in [6, 6.07) is 14.2. The third-order valence-electron chi connectivity index (χ3n) is 6.78. The fourth-order valence-electron chi connectivity index (χ4n) is 3.74. The van der Waals surface area contributed by atoms with Crippen molar-refractivity contribution in [2.45, 2.75) is 38.9 Å². The van der Waals surface area contributed by atoms with Gasteiger partial charge in [0.05, 0.1) is 17.4 Å². The first-order valence-corrected chi connectivity index (χ1v) is 14.7. The maximum Gasteiger partial charge on any atom is 0.250 e. The number of rotatable bonds is 6. The molecule has 0 radical (unpaired) electrons. The van der Waals surface area contributed by atoms with E-state index in [1.165, 1.54) is 12.4 Å². The van der Waals surface area contributed by atoms with Gasteiger partial charge in [0.1, 0.15) is 5.75 Å². The average molecular weight is 497 g/mol. The number of anilines is 2. The summed E-state index contributed by atoms with van der Waals surface area (Å²) in [4.78, 5) is 23.8. The average Bonchev–Trinajstić information content (AvgIpc) is 3.21. The molecule has 0 amide bonds. The van der Waals surface area contributed by atoms with Gasteiger partial charge in [-0.1, -0.05) is 32.9 Å². The van der Waals surface area contributed by atoms with Crippen LogP contribution in [-0.2, 0) is 0 Å². The number of hydrogen-bond acceptors (Lipinski definition) is 7. The zero-order valence-corrected chi connectivity index (χ0v) is 22.0. The lowest BCUT2D eigenvalue weighted by Crippen LogP contribution is -2.43. The monoisotopic (exact) mass is 496 g/mol. The van der Waals surface area contributed by atoms with Gasteiger partial charge < -0.3 is 14.2 Å². The van der Waals surface area contributed by atoms with E-state index in [0.717, 1.165) is 33.3 Å². The molecule has 5 aromatic rings. The smallest absolute Gasteiger partial charge is 0.250 e. The number of hydrogen-bond donors (Lipinski definition) is 1. The second kappa shape index (κ2) is 8.87. The maximum atomic E-state index is 11.0. The number of fused-ring (bicyclic) bond motifs is 2. The number of carbonyl (C=O) groups excluding carboxylic acids is 1.